The van der Waals surface area contributed by atoms with Crippen molar-refractivity contribution in [3.63, 3.8) is 0 Å². The van der Waals surface area contributed by atoms with Crippen molar-refractivity contribution in [2.45, 2.75) is 17.2 Å². The van der Waals surface area contributed by atoms with E-state index in [1.165, 1.54) is 10.5 Å². The fourth-order valence-corrected chi connectivity index (χ4v) is 3.71. The Bertz CT molecular complexity index is 668. The molecule has 1 aliphatic rings. The van der Waals surface area contributed by atoms with Crippen molar-refractivity contribution in [3.8, 4) is 11.5 Å². The van der Waals surface area contributed by atoms with E-state index in [4.69, 9.17) is 0 Å². The van der Waals surface area contributed by atoms with E-state index < -0.39 is 0 Å². The number of fused-ring (bicyclic) bond motifs is 1. The third-order valence-electron chi connectivity index (χ3n) is 4.29. The summed E-state index contributed by atoms with van der Waals surface area (Å²) >= 11 is 0. The van der Waals surface area contributed by atoms with Gasteiger partial charge in [0.05, 0.1) is 0 Å². The number of phenolic OH excluding ortho intramolecular Hbond substituents is 2. The van der Waals surface area contributed by atoms with Gasteiger partial charge in [-0.2, -0.15) is 0 Å². The maximum Gasteiger partial charge on any atom is 0.157 e. The highest BCUT2D eigenvalue weighted by molar-refractivity contribution is 7.95. The molecule has 0 aromatic heterocycles. The van der Waals surface area contributed by atoms with Gasteiger partial charge in [0.2, 0.25) is 0 Å². The third kappa shape index (κ3) is 2.94. The molecule has 116 valence electrons. The summed E-state index contributed by atoms with van der Waals surface area (Å²) in [6.45, 7) is 1.74. The van der Waals surface area contributed by atoms with Gasteiger partial charge in [0.25, 0.3) is 0 Å². The summed E-state index contributed by atoms with van der Waals surface area (Å²) in [6.07, 6.45) is 5.31. The van der Waals surface area contributed by atoms with Crippen molar-refractivity contribution in [3.05, 3.63) is 53.1 Å². The third-order valence-corrected chi connectivity index (χ3v) is 5.50. The molecule has 0 aliphatic carbocycles. The van der Waals surface area contributed by atoms with Gasteiger partial charge in [0, 0.05) is 23.4 Å². The number of phenols is 2. The summed E-state index contributed by atoms with van der Waals surface area (Å²) in [5.41, 5.74) is 3.47. The molecule has 1 aliphatic heterocycles. The Morgan fingerprint density at radius 3 is 2.41 bits per heavy atom. The number of rotatable bonds is 2. The first-order valence-electron chi connectivity index (χ1n) is 7.49. The number of hydrogen-bond acceptors (Lipinski definition) is 3. The summed E-state index contributed by atoms with van der Waals surface area (Å²) in [7, 11) is 0.264. The smallest absolute Gasteiger partial charge is 0.157 e. The number of aromatic hydroxyl groups is 2. The first-order chi connectivity index (χ1) is 10.6. The average molecular weight is 316 g/mol. The molecule has 0 fully saturated rings. The van der Waals surface area contributed by atoms with Crippen LogP contribution in [-0.4, -0.2) is 35.8 Å². The van der Waals surface area contributed by atoms with E-state index in [0.29, 0.717) is 0 Å². The molecular formula is C18H22NO2S+. The molecule has 0 bridgehead atoms. The van der Waals surface area contributed by atoms with Crippen molar-refractivity contribution in [1.29, 1.82) is 0 Å². The molecule has 0 spiro atoms. The minimum absolute atomic E-state index is 0.0317. The van der Waals surface area contributed by atoms with Crippen LogP contribution in [-0.2, 0) is 17.3 Å². The van der Waals surface area contributed by atoms with Crippen molar-refractivity contribution >= 4 is 10.9 Å². The van der Waals surface area contributed by atoms with Crippen molar-refractivity contribution < 1.29 is 10.2 Å². The summed E-state index contributed by atoms with van der Waals surface area (Å²) in [6, 6.07) is 12.2. The second-order valence-corrected chi connectivity index (χ2v) is 8.04. The molecule has 4 heteroatoms. The van der Waals surface area contributed by atoms with Crippen LogP contribution in [0.3, 0.4) is 0 Å². The lowest BCUT2D eigenvalue weighted by molar-refractivity contribution is 0.402. The lowest BCUT2D eigenvalue weighted by atomic mass is 9.88. The molecule has 0 saturated heterocycles. The molecule has 22 heavy (non-hydrogen) atoms. The molecule has 2 aromatic carbocycles. The van der Waals surface area contributed by atoms with Gasteiger partial charge in [0.1, 0.15) is 12.5 Å². The predicted octanol–water partition coefficient (Wildman–Crippen LogP) is 2.61. The topological polar surface area (TPSA) is 52.5 Å². The maximum atomic E-state index is 9.88. The number of hydrogen-bond donors (Lipinski definition) is 3. The molecule has 3 N–H and O–H groups in total. The van der Waals surface area contributed by atoms with Crippen LogP contribution in [0.4, 0.5) is 0 Å². The Morgan fingerprint density at radius 1 is 1.05 bits per heavy atom. The van der Waals surface area contributed by atoms with E-state index >= 15 is 0 Å². The second-order valence-electron chi connectivity index (χ2n) is 5.93. The highest BCUT2D eigenvalue weighted by atomic mass is 32.2. The summed E-state index contributed by atoms with van der Waals surface area (Å²) in [5, 5.41) is 23.1. The van der Waals surface area contributed by atoms with Crippen LogP contribution in [0.5, 0.6) is 11.5 Å². The van der Waals surface area contributed by atoms with Crippen LogP contribution in [0, 0.1) is 0 Å². The predicted molar refractivity (Wildman–Crippen MR) is 92.1 cm³/mol. The molecular weight excluding hydrogens is 294 g/mol. The summed E-state index contributed by atoms with van der Waals surface area (Å²) in [5.74, 6) is 0.134. The van der Waals surface area contributed by atoms with Gasteiger partial charge in [-0.05, 0) is 53.9 Å². The molecule has 2 aromatic rings. The van der Waals surface area contributed by atoms with Gasteiger partial charge in [-0.3, -0.25) is 0 Å². The van der Waals surface area contributed by atoms with Crippen molar-refractivity contribution in [2.75, 3.05) is 25.6 Å². The molecule has 1 unspecified atom stereocenters. The lowest BCUT2D eigenvalue weighted by Crippen LogP contribution is -2.20. The zero-order valence-electron chi connectivity index (χ0n) is 13.0. The monoisotopic (exact) mass is 316 g/mol. The van der Waals surface area contributed by atoms with Crippen LogP contribution in [0.2, 0.25) is 0 Å². The van der Waals surface area contributed by atoms with Crippen LogP contribution >= 0.6 is 0 Å². The average Bonchev–Trinajstić information content (AvgIpc) is 2.70. The van der Waals surface area contributed by atoms with Crippen LogP contribution in [0.1, 0.15) is 22.6 Å². The lowest BCUT2D eigenvalue weighted by Gasteiger charge is -2.19. The van der Waals surface area contributed by atoms with Crippen LogP contribution in [0.25, 0.3) is 0 Å². The molecule has 3 nitrogen and oxygen atoms in total. The Labute approximate surface area is 134 Å². The van der Waals surface area contributed by atoms with E-state index in [2.05, 4.69) is 42.1 Å². The fourth-order valence-electron chi connectivity index (χ4n) is 3.03. The normalized spacial score (nSPS) is 18.0. The van der Waals surface area contributed by atoms with Crippen molar-refractivity contribution in [2.24, 2.45) is 0 Å². The summed E-state index contributed by atoms with van der Waals surface area (Å²) in [4.78, 5) is 1.36. The number of benzene rings is 2. The standard InChI is InChI=1S/C18H21NO2S/c1-22(2)14-5-3-12(4-6-14)16-11-19-8-7-13-9-17(20)18(21)10-15(13)16/h3-6,9-10,16,19H,7-8,11H2,1-2H3,(H-,20,21)/p+1. The SMILES string of the molecule is C[S+](C)c1ccc(C2CNCCc3cc(O)c(O)cc32)cc1. The number of nitrogens with one attached hydrogen (secondary N) is 1. The zero-order chi connectivity index (χ0) is 15.7. The first-order valence-corrected chi connectivity index (χ1v) is 9.53. The highest BCUT2D eigenvalue weighted by Crippen LogP contribution is 2.36. The quantitative estimate of drug-likeness (QED) is 0.590. The van der Waals surface area contributed by atoms with Gasteiger partial charge in [-0.15, -0.1) is 0 Å². The highest BCUT2D eigenvalue weighted by Gasteiger charge is 2.22. The Morgan fingerprint density at radius 2 is 1.73 bits per heavy atom. The van der Waals surface area contributed by atoms with Gasteiger partial charge >= 0.3 is 0 Å². The van der Waals surface area contributed by atoms with Gasteiger partial charge in [0.15, 0.2) is 16.4 Å². The first kappa shape index (κ1) is 15.3. The van der Waals surface area contributed by atoms with Crippen LogP contribution < -0.4 is 5.32 Å². The van der Waals surface area contributed by atoms with E-state index in [-0.39, 0.29) is 28.3 Å². The molecule has 3 rings (SSSR count). The second kappa shape index (κ2) is 6.23. The molecule has 0 saturated carbocycles. The van der Waals surface area contributed by atoms with E-state index in [1.54, 1.807) is 12.1 Å². The summed E-state index contributed by atoms with van der Waals surface area (Å²) < 4.78 is 0. The largest absolute Gasteiger partial charge is 0.504 e. The maximum absolute atomic E-state index is 9.88. The van der Waals surface area contributed by atoms with E-state index in [0.717, 1.165) is 30.6 Å². The zero-order valence-corrected chi connectivity index (χ0v) is 13.8. The molecule has 0 radical (unpaired) electrons. The van der Waals surface area contributed by atoms with Crippen molar-refractivity contribution in [1.82, 2.24) is 5.32 Å². The molecule has 1 atom stereocenters. The fraction of sp³-hybridized carbons (Fsp3) is 0.333. The van der Waals surface area contributed by atoms with Crippen LogP contribution in [0.15, 0.2) is 41.3 Å². The van der Waals surface area contributed by atoms with Gasteiger partial charge in [-0.25, -0.2) is 0 Å². The molecule has 1 heterocycles. The Balaban J connectivity index is 2.02. The van der Waals surface area contributed by atoms with Gasteiger partial charge in [-0.1, -0.05) is 12.1 Å². The van der Waals surface area contributed by atoms with E-state index in [1.807, 2.05) is 0 Å². The van der Waals surface area contributed by atoms with Gasteiger partial charge < -0.3 is 15.5 Å². The molecule has 0 amide bonds. The Hall–Kier alpha value is -1.65. The Kier molecular flexibility index (Phi) is 4.32. The minimum atomic E-state index is -0.0362. The minimum Gasteiger partial charge on any atom is -0.504 e. The van der Waals surface area contributed by atoms with E-state index in [9.17, 15) is 10.2 Å².